The van der Waals surface area contributed by atoms with Crippen LogP contribution in [0.15, 0.2) is 18.2 Å². The third-order valence-electron chi connectivity index (χ3n) is 5.31. The summed E-state index contributed by atoms with van der Waals surface area (Å²) in [5.41, 5.74) is 3.67. The summed E-state index contributed by atoms with van der Waals surface area (Å²) >= 11 is 6.13. The second-order valence-corrected chi connectivity index (χ2v) is 7.60. The zero-order valence-electron chi connectivity index (χ0n) is 17.0. The van der Waals surface area contributed by atoms with Gasteiger partial charge in [-0.25, -0.2) is 0 Å². The van der Waals surface area contributed by atoms with Gasteiger partial charge in [-0.1, -0.05) is 64.7 Å². The quantitative estimate of drug-likeness (QED) is 0.364. The van der Waals surface area contributed by atoms with Gasteiger partial charge in [0.25, 0.3) is 0 Å². The number of carbonyl (C=O) groups is 1. The van der Waals surface area contributed by atoms with Crippen LogP contribution in [0.25, 0.3) is 0 Å². The summed E-state index contributed by atoms with van der Waals surface area (Å²) in [6, 6.07) is 6.08. The van der Waals surface area contributed by atoms with Gasteiger partial charge in [0.05, 0.1) is 6.61 Å². The van der Waals surface area contributed by atoms with Crippen LogP contribution in [-0.4, -0.2) is 37.3 Å². The first-order chi connectivity index (χ1) is 13.1. The molecule has 2 atom stereocenters. The van der Waals surface area contributed by atoms with Crippen LogP contribution in [0.3, 0.4) is 0 Å². The number of ether oxygens (including phenoxy) is 2. The second-order valence-electron chi connectivity index (χ2n) is 7.23. The SMILES string of the molecule is CCCCCCC(C(=O)Cl)N(CC1COCO1)c1c(CC)cccc1CC. The summed E-state index contributed by atoms with van der Waals surface area (Å²) in [4.78, 5) is 14.7. The van der Waals surface area contributed by atoms with Crippen molar-refractivity contribution >= 4 is 22.5 Å². The number of hydrogen-bond acceptors (Lipinski definition) is 4. The summed E-state index contributed by atoms with van der Waals surface area (Å²) < 4.78 is 11.1. The van der Waals surface area contributed by atoms with Crippen molar-refractivity contribution in [2.75, 3.05) is 24.8 Å². The smallest absolute Gasteiger partial charge is 0.244 e. The van der Waals surface area contributed by atoms with E-state index >= 15 is 0 Å². The lowest BCUT2D eigenvalue weighted by Gasteiger charge is -2.36. The molecule has 152 valence electrons. The normalized spacial score (nSPS) is 17.9. The Hall–Kier alpha value is -1.10. The van der Waals surface area contributed by atoms with Gasteiger partial charge >= 0.3 is 0 Å². The van der Waals surface area contributed by atoms with E-state index in [1.807, 2.05) is 0 Å². The molecule has 5 heteroatoms. The molecule has 1 saturated heterocycles. The Morgan fingerprint density at radius 2 is 1.89 bits per heavy atom. The van der Waals surface area contributed by atoms with Gasteiger partial charge in [-0.05, 0) is 42.0 Å². The van der Waals surface area contributed by atoms with Gasteiger partial charge in [-0.15, -0.1) is 0 Å². The molecule has 1 aromatic carbocycles. The van der Waals surface area contributed by atoms with Crippen molar-refractivity contribution in [1.29, 1.82) is 0 Å². The molecule has 0 N–H and O–H groups in total. The minimum Gasteiger partial charge on any atom is -0.357 e. The van der Waals surface area contributed by atoms with Crippen LogP contribution in [0.5, 0.6) is 0 Å². The lowest BCUT2D eigenvalue weighted by Crippen LogP contribution is -2.45. The van der Waals surface area contributed by atoms with Crippen LogP contribution in [-0.2, 0) is 27.1 Å². The zero-order chi connectivity index (χ0) is 19.6. The van der Waals surface area contributed by atoms with Crippen molar-refractivity contribution < 1.29 is 14.3 Å². The number of benzene rings is 1. The minimum atomic E-state index is -0.328. The summed E-state index contributed by atoms with van der Waals surface area (Å²) in [5, 5.41) is -0.279. The van der Waals surface area contributed by atoms with Gasteiger partial charge in [-0.3, -0.25) is 4.79 Å². The van der Waals surface area contributed by atoms with Gasteiger partial charge in [0.2, 0.25) is 5.24 Å². The van der Waals surface area contributed by atoms with E-state index in [2.05, 4.69) is 43.9 Å². The Balaban J connectivity index is 2.35. The van der Waals surface area contributed by atoms with Crippen LogP contribution < -0.4 is 4.90 Å². The van der Waals surface area contributed by atoms with Gasteiger partial charge in [0.1, 0.15) is 18.9 Å². The molecule has 0 saturated carbocycles. The topological polar surface area (TPSA) is 38.8 Å². The van der Waals surface area contributed by atoms with Gasteiger partial charge < -0.3 is 14.4 Å². The molecule has 1 fully saturated rings. The molecular formula is C22H34ClNO3. The van der Waals surface area contributed by atoms with E-state index in [4.69, 9.17) is 21.1 Å². The van der Waals surface area contributed by atoms with E-state index in [1.54, 1.807) is 0 Å². The summed E-state index contributed by atoms with van der Waals surface area (Å²) in [6.45, 7) is 8.02. The first kappa shape index (κ1) is 22.2. The van der Waals surface area contributed by atoms with Crippen LogP contribution in [0.1, 0.15) is 64.0 Å². The Morgan fingerprint density at radius 1 is 1.19 bits per heavy atom. The molecule has 0 radical (unpaired) electrons. The van der Waals surface area contributed by atoms with Gasteiger partial charge in [-0.2, -0.15) is 0 Å². The van der Waals surface area contributed by atoms with E-state index in [9.17, 15) is 4.79 Å². The van der Waals surface area contributed by atoms with Gasteiger partial charge in [0, 0.05) is 12.2 Å². The van der Waals surface area contributed by atoms with Crippen molar-refractivity contribution in [3.8, 4) is 0 Å². The predicted molar refractivity (Wildman–Crippen MR) is 112 cm³/mol. The molecule has 0 spiro atoms. The summed E-state index contributed by atoms with van der Waals surface area (Å²) in [6.07, 6.45) is 7.08. The molecule has 0 aliphatic carbocycles. The van der Waals surface area contributed by atoms with Crippen LogP contribution in [0, 0.1) is 0 Å². The van der Waals surface area contributed by atoms with Crippen molar-refractivity contribution in [3.05, 3.63) is 29.3 Å². The highest BCUT2D eigenvalue weighted by molar-refractivity contribution is 6.65. The average Bonchev–Trinajstić information content (AvgIpc) is 3.19. The Morgan fingerprint density at radius 3 is 2.41 bits per heavy atom. The third-order valence-corrected chi connectivity index (χ3v) is 5.56. The number of hydrogen-bond donors (Lipinski definition) is 0. The fourth-order valence-electron chi connectivity index (χ4n) is 3.81. The molecule has 2 rings (SSSR count). The summed E-state index contributed by atoms with van der Waals surface area (Å²) in [7, 11) is 0. The average molecular weight is 396 g/mol. The van der Waals surface area contributed by atoms with E-state index < -0.39 is 0 Å². The maximum atomic E-state index is 12.4. The Labute approximate surface area is 169 Å². The predicted octanol–water partition coefficient (Wildman–Crippen LogP) is 5.10. The molecule has 2 unspecified atom stereocenters. The number of unbranched alkanes of at least 4 members (excludes halogenated alkanes) is 3. The molecule has 1 aromatic rings. The molecule has 0 amide bonds. The van der Waals surface area contributed by atoms with E-state index in [-0.39, 0.29) is 17.4 Å². The molecule has 0 aromatic heterocycles. The number of para-hydroxylation sites is 1. The highest BCUT2D eigenvalue weighted by Gasteiger charge is 2.31. The van der Waals surface area contributed by atoms with Gasteiger partial charge in [0.15, 0.2) is 0 Å². The molecular weight excluding hydrogens is 362 g/mol. The molecule has 1 heterocycles. The van der Waals surface area contributed by atoms with Crippen molar-refractivity contribution in [2.45, 2.75) is 77.9 Å². The fraction of sp³-hybridized carbons (Fsp3) is 0.682. The van der Waals surface area contributed by atoms with Crippen molar-refractivity contribution in [3.63, 3.8) is 0 Å². The standard InChI is InChI=1S/C22H34ClNO3/c1-4-7-8-9-13-20(22(23)25)24(14-19-15-26-16-27-19)21-17(5-2)11-10-12-18(21)6-3/h10-12,19-20H,4-9,13-16H2,1-3H3. The minimum absolute atomic E-state index is 0.0335. The van der Waals surface area contributed by atoms with E-state index in [0.29, 0.717) is 19.9 Å². The van der Waals surface area contributed by atoms with Crippen LogP contribution >= 0.6 is 11.6 Å². The van der Waals surface area contributed by atoms with Crippen LogP contribution in [0.4, 0.5) is 5.69 Å². The van der Waals surface area contributed by atoms with Crippen molar-refractivity contribution in [2.24, 2.45) is 0 Å². The molecule has 1 aliphatic heterocycles. The maximum absolute atomic E-state index is 12.4. The second kappa shape index (κ2) is 11.7. The number of anilines is 1. The number of halogens is 1. The lowest BCUT2D eigenvalue weighted by atomic mass is 9.98. The number of aryl methyl sites for hydroxylation is 2. The third kappa shape index (κ3) is 6.20. The van der Waals surface area contributed by atoms with E-state index in [1.165, 1.54) is 24.0 Å². The van der Waals surface area contributed by atoms with E-state index in [0.717, 1.165) is 37.8 Å². The molecule has 27 heavy (non-hydrogen) atoms. The largest absolute Gasteiger partial charge is 0.357 e. The maximum Gasteiger partial charge on any atom is 0.244 e. The number of rotatable bonds is 12. The number of nitrogens with zero attached hydrogens (tertiary/aromatic N) is 1. The molecule has 1 aliphatic rings. The highest BCUT2D eigenvalue weighted by Crippen LogP contribution is 2.31. The van der Waals surface area contributed by atoms with Crippen molar-refractivity contribution in [1.82, 2.24) is 0 Å². The lowest BCUT2D eigenvalue weighted by molar-refractivity contribution is -0.113. The molecule has 4 nitrogen and oxygen atoms in total. The fourth-order valence-corrected chi connectivity index (χ4v) is 4.04. The first-order valence-corrected chi connectivity index (χ1v) is 10.8. The number of carbonyl (C=O) groups excluding carboxylic acids is 1. The monoisotopic (exact) mass is 395 g/mol. The Bertz CT molecular complexity index is 565. The zero-order valence-corrected chi connectivity index (χ0v) is 17.8. The van der Waals surface area contributed by atoms with Crippen LogP contribution in [0.2, 0.25) is 0 Å². The Kier molecular flexibility index (Phi) is 9.60. The first-order valence-electron chi connectivity index (χ1n) is 10.4. The summed E-state index contributed by atoms with van der Waals surface area (Å²) in [5.74, 6) is 0. The molecule has 0 bridgehead atoms. The highest BCUT2D eigenvalue weighted by atomic mass is 35.5.